The van der Waals surface area contributed by atoms with Crippen LogP contribution < -0.4 is 17.7 Å². The first-order valence-electron chi connectivity index (χ1n) is 12.5. The van der Waals surface area contributed by atoms with Gasteiger partial charge in [-0.1, -0.05) is 115 Å². The molecule has 37 heavy (non-hydrogen) atoms. The van der Waals surface area contributed by atoms with Crippen LogP contribution in [0.15, 0.2) is 127 Å². The highest BCUT2D eigenvalue weighted by molar-refractivity contribution is 6.15. The van der Waals surface area contributed by atoms with Crippen molar-refractivity contribution in [1.29, 1.82) is 0 Å². The highest BCUT2D eigenvalue weighted by atomic mass is 35.5. The van der Waals surface area contributed by atoms with Crippen LogP contribution in [0.3, 0.4) is 0 Å². The molecule has 1 heterocycles. The molecule has 3 N–H and O–H groups in total. The lowest BCUT2D eigenvalue weighted by Gasteiger charge is -2.17. The average molecular weight is 505 g/mol. The predicted molar refractivity (Wildman–Crippen MR) is 149 cm³/mol. The Labute approximate surface area is 223 Å². The van der Waals surface area contributed by atoms with Crippen LogP contribution in [-0.2, 0) is 6.54 Å². The standard InChI is InChI=1S/C33H28N2O.ClH/c36-28(22-34-27-17-8-3-9-18-27)23-35-32(26-15-6-2-7-16-26)31(25-13-4-1-5-14-25)30-21-20-24-12-10-11-19-29(24)33(30)35;/h1-21,28,34,36H,22-23H2;1H. The minimum absolute atomic E-state index is 0. The normalized spacial score (nSPS) is 11.9. The topological polar surface area (TPSA) is 41.8 Å². The molecule has 0 spiro atoms. The molecule has 0 bridgehead atoms. The number of hydrogen-bond acceptors (Lipinski definition) is 1. The second kappa shape index (κ2) is 11.0. The highest BCUT2D eigenvalue weighted by Gasteiger charge is 2.23. The first-order chi connectivity index (χ1) is 17.8. The molecular formula is C33H29ClN2O. The lowest BCUT2D eigenvalue weighted by Crippen LogP contribution is -3.00. The summed E-state index contributed by atoms with van der Waals surface area (Å²) >= 11 is 0. The molecular weight excluding hydrogens is 476 g/mol. The fourth-order valence-electron chi connectivity index (χ4n) is 5.24. The Hall–Kier alpha value is -3.89. The summed E-state index contributed by atoms with van der Waals surface area (Å²) in [6, 6.07) is 44.4. The van der Waals surface area contributed by atoms with Gasteiger partial charge in [-0.3, -0.25) is 0 Å². The van der Waals surface area contributed by atoms with Crippen LogP contribution in [-0.4, -0.2) is 22.3 Å². The number of fused-ring (bicyclic) bond motifs is 3. The van der Waals surface area contributed by atoms with Crippen molar-refractivity contribution in [1.82, 2.24) is 4.57 Å². The smallest absolute Gasteiger partial charge is 0.129 e. The number of aliphatic hydroxyl groups is 1. The first-order valence-corrected chi connectivity index (χ1v) is 12.5. The molecule has 0 aliphatic carbocycles. The third-order valence-electron chi connectivity index (χ3n) is 6.87. The second-order valence-electron chi connectivity index (χ2n) is 9.25. The van der Waals surface area contributed by atoms with E-state index in [-0.39, 0.29) is 12.4 Å². The molecule has 6 aromatic rings. The molecule has 0 saturated heterocycles. The zero-order valence-electron chi connectivity index (χ0n) is 20.5. The molecule has 0 fully saturated rings. The van der Waals surface area contributed by atoms with Crippen molar-refractivity contribution >= 4 is 27.4 Å². The fraction of sp³-hybridized carbons (Fsp3) is 0.0909. The van der Waals surface area contributed by atoms with E-state index in [0.29, 0.717) is 13.1 Å². The van der Waals surface area contributed by atoms with E-state index in [1.165, 1.54) is 32.8 Å². The number of quaternary nitrogens is 1. The van der Waals surface area contributed by atoms with E-state index in [1.807, 2.05) is 18.2 Å². The van der Waals surface area contributed by atoms with Crippen molar-refractivity contribution in [2.24, 2.45) is 0 Å². The molecule has 1 atom stereocenters. The largest absolute Gasteiger partial charge is 1.00 e. The molecule has 1 aromatic heterocycles. The quantitative estimate of drug-likeness (QED) is 0.322. The summed E-state index contributed by atoms with van der Waals surface area (Å²) in [5.74, 6) is 0. The lowest BCUT2D eigenvalue weighted by molar-refractivity contribution is -0.580. The van der Waals surface area contributed by atoms with E-state index in [4.69, 9.17) is 0 Å². The summed E-state index contributed by atoms with van der Waals surface area (Å²) < 4.78 is 2.35. The van der Waals surface area contributed by atoms with Gasteiger partial charge < -0.3 is 27.4 Å². The van der Waals surface area contributed by atoms with Gasteiger partial charge in [-0.15, -0.1) is 0 Å². The van der Waals surface area contributed by atoms with Crippen molar-refractivity contribution in [2.75, 3.05) is 6.54 Å². The van der Waals surface area contributed by atoms with Crippen LogP contribution >= 0.6 is 0 Å². The molecule has 0 amide bonds. The van der Waals surface area contributed by atoms with Crippen molar-refractivity contribution in [3.05, 3.63) is 127 Å². The van der Waals surface area contributed by atoms with E-state index >= 15 is 0 Å². The molecule has 5 aromatic carbocycles. The Morgan fingerprint density at radius 3 is 1.92 bits per heavy atom. The zero-order chi connectivity index (χ0) is 24.3. The number of aliphatic hydroxyl groups excluding tert-OH is 1. The second-order valence-corrected chi connectivity index (χ2v) is 9.25. The van der Waals surface area contributed by atoms with E-state index < -0.39 is 6.10 Å². The van der Waals surface area contributed by atoms with Gasteiger partial charge in [0.05, 0.1) is 17.8 Å². The minimum Gasteiger partial charge on any atom is -1.00 e. The molecule has 0 radical (unpaired) electrons. The number of nitrogens with zero attached hydrogens (tertiary/aromatic N) is 1. The van der Waals surface area contributed by atoms with Crippen LogP contribution in [0, 0.1) is 0 Å². The predicted octanol–water partition coefficient (Wildman–Crippen LogP) is 3.39. The van der Waals surface area contributed by atoms with Gasteiger partial charge in [0.2, 0.25) is 0 Å². The fourth-order valence-corrected chi connectivity index (χ4v) is 5.24. The lowest BCUT2D eigenvalue weighted by atomic mass is 9.97. The third-order valence-corrected chi connectivity index (χ3v) is 6.87. The van der Waals surface area contributed by atoms with Crippen molar-refractivity contribution in [2.45, 2.75) is 12.6 Å². The summed E-state index contributed by atoms with van der Waals surface area (Å²) in [5, 5.41) is 17.0. The maximum absolute atomic E-state index is 11.3. The summed E-state index contributed by atoms with van der Waals surface area (Å²) in [6.07, 6.45) is -0.522. The molecule has 0 aliphatic rings. The monoisotopic (exact) mass is 504 g/mol. The number of benzene rings is 5. The van der Waals surface area contributed by atoms with E-state index in [2.05, 4.69) is 119 Å². The van der Waals surface area contributed by atoms with Crippen LogP contribution in [0.25, 0.3) is 44.1 Å². The Kier molecular flexibility index (Phi) is 7.38. The molecule has 184 valence electrons. The maximum atomic E-state index is 11.3. The van der Waals surface area contributed by atoms with Gasteiger partial charge >= 0.3 is 0 Å². The van der Waals surface area contributed by atoms with Gasteiger partial charge in [0.1, 0.15) is 18.3 Å². The summed E-state index contributed by atoms with van der Waals surface area (Å²) in [5.41, 5.74) is 6.99. The summed E-state index contributed by atoms with van der Waals surface area (Å²) in [4.78, 5) is 0. The van der Waals surface area contributed by atoms with E-state index in [0.717, 1.165) is 16.9 Å². The van der Waals surface area contributed by atoms with Crippen molar-refractivity contribution in [3.63, 3.8) is 0 Å². The number of para-hydroxylation sites is 1. The van der Waals surface area contributed by atoms with Gasteiger partial charge in [-0.05, 0) is 28.6 Å². The van der Waals surface area contributed by atoms with Crippen molar-refractivity contribution in [3.8, 4) is 22.4 Å². The Bertz CT molecular complexity index is 1610. The van der Waals surface area contributed by atoms with Crippen molar-refractivity contribution < 1.29 is 22.8 Å². The molecule has 6 rings (SSSR count). The summed E-state index contributed by atoms with van der Waals surface area (Å²) in [7, 11) is 0. The van der Waals surface area contributed by atoms with Gasteiger partial charge in [0.25, 0.3) is 0 Å². The van der Waals surface area contributed by atoms with Crippen LogP contribution in [0.1, 0.15) is 0 Å². The number of halogens is 1. The molecule has 1 unspecified atom stereocenters. The third kappa shape index (κ3) is 4.90. The minimum atomic E-state index is -0.522. The van der Waals surface area contributed by atoms with Gasteiger partial charge in [0.15, 0.2) is 0 Å². The van der Waals surface area contributed by atoms with Crippen LogP contribution in [0.5, 0.6) is 0 Å². The van der Waals surface area contributed by atoms with E-state index in [1.54, 1.807) is 0 Å². The average Bonchev–Trinajstić information content (AvgIpc) is 3.27. The Morgan fingerprint density at radius 2 is 1.22 bits per heavy atom. The van der Waals surface area contributed by atoms with Gasteiger partial charge in [-0.25, -0.2) is 0 Å². The van der Waals surface area contributed by atoms with Crippen LogP contribution in [0.4, 0.5) is 5.69 Å². The molecule has 3 nitrogen and oxygen atoms in total. The zero-order valence-corrected chi connectivity index (χ0v) is 21.2. The Morgan fingerprint density at radius 1 is 0.622 bits per heavy atom. The first kappa shape index (κ1) is 24.8. The number of aromatic nitrogens is 1. The summed E-state index contributed by atoms with van der Waals surface area (Å²) in [6.45, 7) is 1.09. The molecule has 0 aliphatic heterocycles. The number of hydrogen-bond donors (Lipinski definition) is 2. The molecule has 4 heteroatoms. The number of rotatable bonds is 7. The van der Waals surface area contributed by atoms with E-state index in [9.17, 15) is 5.11 Å². The molecule has 0 saturated carbocycles. The Balaban J connectivity index is 0.00000280. The highest BCUT2D eigenvalue weighted by Crippen LogP contribution is 2.43. The van der Waals surface area contributed by atoms with Gasteiger partial charge in [-0.2, -0.15) is 0 Å². The van der Waals surface area contributed by atoms with Crippen LogP contribution in [0.2, 0.25) is 0 Å². The number of nitrogens with two attached hydrogens (primary N) is 1. The SMILES string of the molecule is OC(C[NH2+]c1ccccc1)Cn1c(-c2ccccc2)c(-c2ccccc2)c2ccc3ccccc3c21.[Cl-]. The maximum Gasteiger partial charge on any atom is 0.129 e. The van der Waals surface area contributed by atoms with Gasteiger partial charge in [0, 0.05) is 16.3 Å².